The summed E-state index contributed by atoms with van der Waals surface area (Å²) in [6.45, 7) is 7.96. The first-order valence-corrected chi connectivity index (χ1v) is 12.1. The Labute approximate surface area is 194 Å². The van der Waals surface area contributed by atoms with Gasteiger partial charge in [0.05, 0.1) is 16.9 Å². The molecule has 2 aromatic carbocycles. The van der Waals surface area contributed by atoms with Gasteiger partial charge in [-0.2, -0.15) is 0 Å². The van der Waals surface area contributed by atoms with E-state index >= 15 is 0 Å². The lowest BCUT2D eigenvalue weighted by Crippen LogP contribution is -2.48. The predicted molar refractivity (Wildman–Crippen MR) is 131 cm³/mol. The van der Waals surface area contributed by atoms with Crippen LogP contribution in [-0.4, -0.2) is 61.7 Å². The molecule has 6 nitrogen and oxygen atoms in total. The standard InChI is InChI=1S/C22H25IN4O2S/c1-2-29-18-8-5-9-19-20(18)25-22(30-19)27-14-12-26(13-15-27)11-10-24-21(28)16-6-3-4-7-17(16)23/h3-9H,2,10-15H2,1H3,(H,24,28). The van der Waals surface area contributed by atoms with Crippen molar-refractivity contribution in [3.05, 3.63) is 51.6 Å². The van der Waals surface area contributed by atoms with Crippen molar-refractivity contribution >= 4 is 55.2 Å². The topological polar surface area (TPSA) is 57.7 Å². The molecule has 1 aliphatic heterocycles. The van der Waals surface area contributed by atoms with Crippen LogP contribution in [-0.2, 0) is 0 Å². The maximum absolute atomic E-state index is 12.3. The van der Waals surface area contributed by atoms with Crippen LogP contribution in [0.25, 0.3) is 10.2 Å². The molecule has 0 spiro atoms. The summed E-state index contributed by atoms with van der Waals surface area (Å²) in [4.78, 5) is 21.9. The van der Waals surface area contributed by atoms with Gasteiger partial charge >= 0.3 is 0 Å². The fraction of sp³-hybridized carbons (Fsp3) is 0.364. The van der Waals surface area contributed by atoms with Gasteiger partial charge in [-0.05, 0) is 53.8 Å². The van der Waals surface area contributed by atoms with Gasteiger partial charge in [-0.15, -0.1) is 0 Å². The first kappa shape index (κ1) is 21.3. The number of ether oxygens (including phenoxy) is 1. The van der Waals surface area contributed by atoms with Gasteiger partial charge in [0.1, 0.15) is 11.3 Å². The molecule has 1 amide bonds. The number of para-hydroxylation sites is 1. The third-order valence-corrected chi connectivity index (χ3v) is 7.17. The molecule has 1 N–H and O–H groups in total. The van der Waals surface area contributed by atoms with Crippen molar-refractivity contribution in [2.24, 2.45) is 0 Å². The number of hydrogen-bond acceptors (Lipinski definition) is 6. The lowest BCUT2D eigenvalue weighted by atomic mass is 10.2. The highest BCUT2D eigenvalue weighted by atomic mass is 127. The lowest BCUT2D eigenvalue weighted by Gasteiger charge is -2.34. The molecule has 1 saturated heterocycles. The summed E-state index contributed by atoms with van der Waals surface area (Å²) in [6, 6.07) is 13.8. The second kappa shape index (κ2) is 9.93. The van der Waals surface area contributed by atoms with Gasteiger partial charge in [0.15, 0.2) is 5.13 Å². The van der Waals surface area contributed by atoms with Gasteiger partial charge in [-0.25, -0.2) is 4.98 Å². The molecular weight excluding hydrogens is 511 g/mol. The van der Waals surface area contributed by atoms with Crippen molar-refractivity contribution < 1.29 is 9.53 Å². The van der Waals surface area contributed by atoms with Crippen LogP contribution in [0, 0.1) is 3.57 Å². The molecule has 0 unspecified atom stereocenters. The molecule has 30 heavy (non-hydrogen) atoms. The van der Waals surface area contributed by atoms with Crippen LogP contribution in [0.1, 0.15) is 17.3 Å². The minimum Gasteiger partial charge on any atom is -0.492 e. The van der Waals surface area contributed by atoms with Crippen molar-refractivity contribution in [3.8, 4) is 5.75 Å². The Kier molecular flexibility index (Phi) is 7.06. The zero-order chi connectivity index (χ0) is 20.9. The summed E-state index contributed by atoms with van der Waals surface area (Å²) in [6.07, 6.45) is 0. The van der Waals surface area contributed by atoms with Crippen LogP contribution in [0.5, 0.6) is 5.75 Å². The normalized spacial score (nSPS) is 14.8. The van der Waals surface area contributed by atoms with Gasteiger partial charge in [0.25, 0.3) is 5.91 Å². The Morgan fingerprint density at radius 1 is 1.17 bits per heavy atom. The SMILES string of the molecule is CCOc1cccc2sc(N3CCN(CCNC(=O)c4ccccc4I)CC3)nc12. The number of carbonyl (C=O) groups excluding carboxylic acids is 1. The molecule has 2 heterocycles. The Morgan fingerprint density at radius 2 is 1.97 bits per heavy atom. The minimum atomic E-state index is -0.00165. The van der Waals surface area contributed by atoms with E-state index in [1.165, 1.54) is 0 Å². The van der Waals surface area contributed by atoms with E-state index in [-0.39, 0.29) is 5.91 Å². The summed E-state index contributed by atoms with van der Waals surface area (Å²) in [7, 11) is 0. The number of aromatic nitrogens is 1. The molecule has 0 aliphatic carbocycles. The van der Waals surface area contributed by atoms with Gasteiger partial charge < -0.3 is 15.0 Å². The number of carbonyl (C=O) groups is 1. The van der Waals surface area contributed by atoms with Crippen molar-refractivity contribution in [1.29, 1.82) is 0 Å². The predicted octanol–water partition coefficient (Wildman–Crippen LogP) is 3.85. The Morgan fingerprint density at radius 3 is 2.73 bits per heavy atom. The number of piperazine rings is 1. The van der Waals surface area contributed by atoms with Crippen LogP contribution in [0.2, 0.25) is 0 Å². The van der Waals surface area contributed by atoms with E-state index in [4.69, 9.17) is 9.72 Å². The fourth-order valence-corrected chi connectivity index (χ4v) is 5.22. The maximum Gasteiger partial charge on any atom is 0.252 e. The zero-order valence-corrected chi connectivity index (χ0v) is 19.9. The molecule has 158 valence electrons. The highest BCUT2D eigenvalue weighted by molar-refractivity contribution is 14.1. The first-order valence-electron chi connectivity index (χ1n) is 10.2. The molecule has 1 fully saturated rings. The van der Waals surface area contributed by atoms with E-state index in [0.29, 0.717) is 13.2 Å². The number of amides is 1. The van der Waals surface area contributed by atoms with E-state index in [9.17, 15) is 4.79 Å². The average molecular weight is 536 g/mol. The van der Waals surface area contributed by atoms with Crippen LogP contribution >= 0.6 is 33.9 Å². The zero-order valence-electron chi connectivity index (χ0n) is 16.9. The summed E-state index contributed by atoms with van der Waals surface area (Å²) in [5, 5.41) is 4.10. The molecule has 0 saturated carbocycles. The van der Waals surface area contributed by atoms with Crippen molar-refractivity contribution in [3.63, 3.8) is 0 Å². The molecule has 1 aliphatic rings. The van der Waals surface area contributed by atoms with Crippen molar-refractivity contribution in [1.82, 2.24) is 15.2 Å². The summed E-state index contributed by atoms with van der Waals surface area (Å²) < 4.78 is 7.86. The number of hydrogen-bond donors (Lipinski definition) is 1. The Bertz CT molecular complexity index is 1020. The number of rotatable bonds is 7. The van der Waals surface area contributed by atoms with Crippen molar-refractivity contribution in [2.45, 2.75) is 6.92 Å². The van der Waals surface area contributed by atoms with Crippen LogP contribution in [0.4, 0.5) is 5.13 Å². The number of nitrogens with zero attached hydrogens (tertiary/aromatic N) is 3. The smallest absolute Gasteiger partial charge is 0.252 e. The number of fused-ring (bicyclic) bond motifs is 1. The van der Waals surface area contributed by atoms with Gasteiger partial charge in [0.2, 0.25) is 0 Å². The maximum atomic E-state index is 12.3. The molecule has 3 aromatic rings. The molecule has 1 aromatic heterocycles. The molecule has 0 atom stereocenters. The van der Waals surface area contributed by atoms with Crippen LogP contribution in [0.15, 0.2) is 42.5 Å². The van der Waals surface area contributed by atoms with E-state index in [0.717, 1.165) is 63.0 Å². The monoisotopic (exact) mass is 536 g/mol. The molecule has 0 bridgehead atoms. The van der Waals surface area contributed by atoms with Gasteiger partial charge in [-0.3, -0.25) is 9.69 Å². The van der Waals surface area contributed by atoms with E-state index in [1.807, 2.05) is 43.3 Å². The quantitative estimate of drug-likeness (QED) is 0.465. The van der Waals surface area contributed by atoms with Crippen LogP contribution < -0.4 is 15.0 Å². The highest BCUT2D eigenvalue weighted by Crippen LogP contribution is 2.34. The molecule has 0 radical (unpaired) electrons. The largest absolute Gasteiger partial charge is 0.492 e. The number of nitrogens with one attached hydrogen (secondary N) is 1. The van der Waals surface area contributed by atoms with E-state index < -0.39 is 0 Å². The van der Waals surface area contributed by atoms with Gasteiger partial charge in [0, 0.05) is 42.8 Å². The second-order valence-electron chi connectivity index (χ2n) is 7.10. The minimum absolute atomic E-state index is 0.00165. The van der Waals surface area contributed by atoms with E-state index in [2.05, 4.69) is 43.8 Å². The average Bonchev–Trinajstić information content (AvgIpc) is 3.20. The van der Waals surface area contributed by atoms with Crippen molar-refractivity contribution in [2.75, 3.05) is 50.8 Å². The van der Waals surface area contributed by atoms with E-state index in [1.54, 1.807) is 11.3 Å². The highest BCUT2D eigenvalue weighted by Gasteiger charge is 2.21. The fourth-order valence-electron chi connectivity index (χ4n) is 3.55. The number of halogens is 1. The Balaban J connectivity index is 1.28. The third-order valence-electron chi connectivity index (χ3n) is 5.15. The summed E-state index contributed by atoms with van der Waals surface area (Å²) in [5.74, 6) is 0.859. The molecule has 4 rings (SSSR count). The van der Waals surface area contributed by atoms with Gasteiger partial charge in [-0.1, -0.05) is 29.5 Å². The summed E-state index contributed by atoms with van der Waals surface area (Å²) >= 11 is 3.92. The lowest BCUT2D eigenvalue weighted by molar-refractivity contribution is 0.0947. The number of anilines is 1. The third kappa shape index (κ3) is 4.87. The number of thiazole rings is 1. The first-order chi connectivity index (χ1) is 14.7. The number of benzene rings is 2. The van der Waals surface area contributed by atoms with Crippen LogP contribution in [0.3, 0.4) is 0 Å². The Hall–Kier alpha value is -1.91. The summed E-state index contributed by atoms with van der Waals surface area (Å²) in [5.41, 5.74) is 1.70. The molecular formula is C22H25IN4O2S. The molecule has 8 heteroatoms. The second-order valence-corrected chi connectivity index (χ2v) is 9.27.